The van der Waals surface area contributed by atoms with Crippen molar-refractivity contribution in [3.05, 3.63) is 81.8 Å². The molecule has 0 unspecified atom stereocenters. The molecule has 32 heavy (non-hydrogen) atoms. The summed E-state index contributed by atoms with van der Waals surface area (Å²) in [6.07, 6.45) is 1.09. The van der Waals surface area contributed by atoms with Crippen LogP contribution in [-0.4, -0.2) is 26.8 Å². The molecule has 166 valence electrons. The number of aliphatic carboxylic acids is 1. The summed E-state index contributed by atoms with van der Waals surface area (Å²) in [7, 11) is 1.50. The van der Waals surface area contributed by atoms with Crippen molar-refractivity contribution in [1.29, 1.82) is 0 Å². The molecule has 3 rings (SSSR count). The second-order valence-corrected chi connectivity index (χ2v) is 7.64. The number of hydrogen-bond donors (Lipinski definition) is 4. The molecule has 3 aromatic rings. The maximum absolute atomic E-state index is 12.6. The van der Waals surface area contributed by atoms with Crippen molar-refractivity contribution in [2.75, 3.05) is 5.32 Å². The topological polar surface area (TPSA) is 121 Å². The number of nitrogens with zero attached hydrogens (tertiary/aromatic N) is 1. The van der Waals surface area contributed by atoms with Crippen LogP contribution < -0.4 is 16.2 Å². The van der Waals surface area contributed by atoms with Gasteiger partial charge in [-0.05, 0) is 42.2 Å². The summed E-state index contributed by atoms with van der Waals surface area (Å²) in [6.45, 7) is 3.58. The van der Waals surface area contributed by atoms with Gasteiger partial charge in [-0.1, -0.05) is 42.5 Å². The molecule has 4 N–H and O–H groups in total. The maximum Gasteiger partial charge on any atom is 0.319 e. The van der Waals surface area contributed by atoms with Gasteiger partial charge in [0, 0.05) is 18.8 Å². The Kier molecular flexibility index (Phi) is 6.63. The van der Waals surface area contributed by atoms with Gasteiger partial charge in [-0.3, -0.25) is 9.59 Å². The van der Waals surface area contributed by atoms with E-state index >= 15 is 0 Å². The van der Waals surface area contributed by atoms with Crippen LogP contribution in [0.2, 0.25) is 0 Å². The van der Waals surface area contributed by atoms with Crippen LogP contribution in [0.1, 0.15) is 29.2 Å². The van der Waals surface area contributed by atoms with E-state index in [1.165, 1.54) is 17.8 Å². The van der Waals surface area contributed by atoms with Crippen LogP contribution in [0.5, 0.6) is 5.75 Å². The average Bonchev–Trinajstić information content (AvgIpc) is 2.75. The monoisotopic (exact) mass is 435 g/mol. The van der Waals surface area contributed by atoms with E-state index in [2.05, 4.69) is 10.6 Å². The maximum atomic E-state index is 12.6. The molecule has 1 aromatic heterocycles. The van der Waals surface area contributed by atoms with Crippen LogP contribution in [0.3, 0.4) is 0 Å². The number of aromatic nitrogens is 1. The number of aromatic hydroxyl groups is 1. The van der Waals surface area contributed by atoms with Crippen LogP contribution >= 0.6 is 0 Å². The molecule has 8 nitrogen and oxygen atoms in total. The summed E-state index contributed by atoms with van der Waals surface area (Å²) in [5, 5.41) is 24.5. The normalized spacial score (nSPS) is 11.6. The third-order valence-corrected chi connectivity index (χ3v) is 5.20. The van der Waals surface area contributed by atoms with Gasteiger partial charge in [-0.15, -0.1) is 0 Å². The molecule has 0 saturated heterocycles. The van der Waals surface area contributed by atoms with Gasteiger partial charge in [-0.25, -0.2) is 4.79 Å². The minimum absolute atomic E-state index is 0.271. The predicted octanol–water partition coefficient (Wildman–Crippen LogP) is 3.71. The zero-order valence-corrected chi connectivity index (χ0v) is 18.0. The number of nitrogens with one attached hydrogen (secondary N) is 2. The number of urea groups is 1. The fourth-order valence-corrected chi connectivity index (χ4v) is 3.55. The van der Waals surface area contributed by atoms with E-state index < -0.39 is 23.6 Å². The summed E-state index contributed by atoms with van der Waals surface area (Å²) < 4.78 is 1.24. The van der Waals surface area contributed by atoms with Crippen molar-refractivity contribution < 1.29 is 19.8 Å². The molecule has 8 heteroatoms. The third kappa shape index (κ3) is 4.97. The molecule has 2 amide bonds. The number of hydrogen-bond acceptors (Lipinski definition) is 4. The lowest BCUT2D eigenvalue weighted by atomic mass is 9.95. The van der Waals surface area contributed by atoms with Crippen LogP contribution in [0.15, 0.2) is 59.5 Å². The van der Waals surface area contributed by atoms with Crippen molar-refractivity contribution in [2.45, 2.75) is 26.3 Å². The number of anilines is 1. The number of pyridine rings is 1. The molecule has 1 heterocycles. The highest BCUT2D eigenvalue weighted by molar-refractivity contribution is 5.91. The number of benzene rings is 2. The van der Waals surface area contributed by atoms with Gasteiger partial charge >= 0.3 is 12.0 Å². The summed E-state index contributed by atoms with van der Waals surface area (Å²) in [4.78, 5) is 36.4. The van der Waals surface area contributed by atoms with Gasteiger partial charge in [-0.2, -0.15) is 0 Å². The number of carbonyl (C=O) groups excluding carboxylic acids is 1. The Labute approximate surface area is 185 Å². The summed E-state index contributed by atoms with van der Waals surface area (Å²) >= 11 is 0. The van der Waals surface area contributed by atoms with Crippen LogP contribution in [-0.2, 0) is 11.8 Å². The minimum Gasteiger partial charge on any atom is -0.505 e. The fourth-order valence-electron chi connectivity index (χ4n) is 3.55. The largest absolute Gasteiger partial charge is 0.505 e. The van der Waals surface area contributed by atoms with Crippen LogP contribution in [0.25, 0.3) is 11.1 Å². The van der Waals surface area contributed by atoms with Crippen molar-refractivity contribution in [1.82, 2.24) is 9.88 Å². The summed E-state index contributed by atoms with van der Waals surface area (Å²) in [5.74, 6) is -1.43. The molecule has 0 saturated carbocycles. The Morgan fingerprint density at radius 1 is 1.06 bits per heavy atom. The zero-order chi connectivity index (χ0) is 23.4. The van der Waals surface area contributed by atoms with Gasteiger partial charge in [0.1, 0.15) is 5.75 Å². The Balaban J connectivity index is 1.90. The van der Waals surface area contributed by atoms with E-state index in [9.17, 15) is 24.6 Å². The van der Waals surface area contributed by atoms with Gasteiger partial charge in [0.2, 0.25) is 0 Å². The van der Waals surface area contributed by atoms with E-state index in [1.807, 2.05) is 43.3 Å². The van der Waals surface area contributed by atoms with E-state index in [1.54, 1.807) is 19.1 Å². The van der Waals surface area contributed by atoms with Crippen molar-refractivity contribution >= 4 is 17.7 Å². The molecule has 0 aliphatic heterocycles. The molecule has 0 fully saturated rings. The first kappa shape index (κ1) is 22.6. The smallest absolute Gasteiger partial charge is 0.319 e. The highest BCUT2D eigenvalue weighted by Gasteiger charge is 2.21. The Bertz CT molecular complexity index is 1230. The first-order chi connectivity index (χ1) is 15.2. The SMILES string of the molecule is Cc1ccccc1-c1cccc([C@H](CC(=O)O)NC(=O)Nc2c(O)c(C)cn(C)c2=O)c1. The van der Waals surface area contributed by atoms with Crippen LogP contribution in [0, 0.1) is 13.8 Å². The second-order valence-electron chi connectivity index (χ2n) is 7.64. The predicted molar refractivity (Wildman–Crippen MR) is 122 cm³/mol. The van der Waals surface area contributed by atoms with E-state index in [0.29, 0.717) is 11.1 Å². The first-order valence-corrected chi connectivity index (χ1v) is 10.0. The van der Waals surface area contributed by atoms with Crippen molar-refractivity contribution in [3.8, 4) is 16.9 Å². The Hall–Kier alpha value is -4.07. The van der Waals surface area contributed by atoms with Gasteiger partial charge in [0.15, 0.2) is 5.69 Å². The van der Waals surface area contributed by atoms with E-state index in [-0.39, 0.29) is 17.9 Å². The number of rotatable bonds is 6. The highest BCUT2D eigenvalue weighted by atomic mass is 16.4. The van der Waals surface area contributed by atoms with Gasteiger partial charge in [0.25, 0.3) is 5.56 Å². The number of amides is 2. The lowest BCUT2D eigenvalue weighted by Gasteiger charge is -2.19. The highest BCUT2D eigenvalue weighted by Crippen LogP contribution is 2.28. The summed E-state index contributed by atoms with van der Waals surface area (Å²) in [5.41, 5.74) is 3.12. The van der Waals surface area contributed by atoms with E-state index in [0.717, 1.165) is 16.7 Å². The Morgan fingerprint density at radius 3 is 2.47 bits per heavy atom. The van der Waals surface area contributed by atoms with Crippen LogP contribution in [0.4, 0.5) is 10.5 Å². The minimum atomic E-state index is -1.09. The second kappa shape index (κ2) is 9.38. The molecule has 1 atom stereocenters. The molecular weight excluding hydrogens is 410 g/mol. The quantitative estimate of drug-likeness (QED) is 0.470. The summed E-state index contributed by atoms with van der Waals surface area (Å²) in [6, 6.07) is 13.4. The molecule has 0 aliphatic rings. The molecule has 0 spiro atoms. The van der Waals surface area contributed by atoms with Crippen molar-refractivity contribution in [3.63, 3.8) is 0 Å². The molecule has 0 aliphatic carbocycles. The third-order valence-electron chi connectivity index (χ3n) is 5.20. The number of carbonyl (C=O) groups is 2. The lowest BCUT2D eigenvalue weighted by molar-refractivity contribution is -0.137. The Morgan fingerprint density at radius 2 is 1.78 bits per heavy atom. The fraction of sp³-hybridized carbons (Fsp3) is 0.208. The van der Waals surface area contributed by atoms with Gasteiger partial charge in [0.05, 0.1) is 12.5 Å². The molecule has 0 radical (unpaired) electrons. The number of aryl methyl sites for hydroxylation is 3. The molecule has 2 aromatic carbocycles. The molecule has 0 bridgehead atoms. The standard InChI is InChI=1S/C24H25N3O5/c1-14-7-4-5-10-18(14)16-8-6-9-17(11-16)19(12-20(28)29)25-24(32)26-21-22(30)15(2)13-27(3)23(21)31/h4-11,13,19,30H,12H2,1-3H3,(H,28,29)(H2,25,26,32)/t19-/m0/s1. The molecular formula is C24H25N3O5. The number of carboxylic acid groups (broad SMARTS) is 1. The lowest BCUT2D eigenvalue weighted by Crippen LogP contribution is -2.36. The average molecular weight is 435 g/mol. The number of carboxylic acids is 1. The van der Waals surface area contributed by atoms with E-state index in [4.69, 9.17) is 0 Å². The zero-order valence-electron chi connectivity index (χ0n) is 18.0. The van der Waals surface area contributed by atoms with Gasteiger partial charge < -0.3 is 25.4 Å². The first-order valence-electron chi connectivity index (χ1n) is 10.0. The van der Waals surface area contributed by atoms with Crippen molar-refractivity contribution in [2.24, 2.45) is 7.05 Å².